The molecule has 0 aromatic heterocycles. The Morgan fingerprint density at radius 2 is 1.40 bits per heavy atom. The van der Waals surface area contributed by atoms with Gasteiger partial charge in [0.2, 0.25) is 11.8 Å². The summed E-state index contributed by atoms with van der Waals surface area (Å²) in [6, 6.07) is 17.2. The first-order valence-corrected chi connectivity index (χ1v) is 8.52. The van der Waals surface area contributed by atoms with Gasteiger partial charge >= 0.3 is 0 Å². The van der Waals surface area contributed by atoms with E-state index >= 15 is 0 Å². The van der Waals surface area contributed by atoms with Crippen molar-refractivity contribution in [3.8, 4) is 0 Å². The van der Waals surface area contributed by atoms with Gasteiger partial charge in [-0.2, -0.15) is 0 Å². The minimum atomic E-state index is -0.444. The van der Waals surface area contributed by atoms with Crippen LogP contribution in [0.5, 0.6) is 0 Å². The number of carbonyl (C=O) groups excluding carboxylic acids is 2. The van der Waals surface area contributed by atoms with Crippen LogP contribution in [0.15, 0.2) is 54.6 Å². The van der Waals surface area contributed by atoms with Crippen molar-refractivity contribution in [3.05, 3.63) is 60.2 Å². The molecule has 25 heavy (non-hydrogen) atoms. The maximum absolute atomic E-state index is 12.2. The molecule has 0 saturated carbocycles. The molecule has 4 heteroatoms. The molecule has 0 aliphatic rings. The summed E-state index contributed by atoms with van der Waals surface area (Å²) in [6.07, 6.45) is 0.423. The van der Waals surface area contributed by atoms with Crippen molar-refractivity contribution in [1.82, 2.24) is 0 Å². The molecule has 1 atom stereocenters. The van der Waals surface area contributed by atoms with Gasteiger partial charge in [-0.1, -0.05) is 58.0 Å². The zero-order valence-electron chi connectivity index (χ0n) is 15.3. The summed E-state index contributed by atoms with van der Waals surface area (Å²) in [4.78, 5) is 24.2. The van der Waals surface area contributed by atoms with Gasteiger partial charge in [0.1, 0.15) is 0 Å². The topological polar surface area (TPSA) is 58.2 Å². The fourth-order valence-corrected chi connectivity index (χ4v) is 2.35. The quantitative estimate of drug-likeness (QED) is 0.822. The highest BCUT2D eigenvalue weighted by atomic mass is 16.2. The van der Waals surface area contributed by atoms with E-state index in [9.17, 15) is 9.59 Å². The number of benzene rings is 2. The van der Waals surface area contributed by atoms with E-state index < -0.39 is 5.41 Å². The van der Waals surface area contributed by atoms with Gasteiger partial charge in [-0.05, 0) is 35.7 Å². The Morgan fingerprint density at radius 3 is 1.92 bits per heavy atom. The van der Waals surface area contributed by atoms with Crippen LogP contribution in [0.4, 0.5) is 11.4 Å². The van der Waals surface area contributed by atoms with Crippen LogP contribution in [0.25, 0.3) is 0 Å². The first-order valence-electron chi connectivity index (χ1n) is 8.52. The third-order valence-electron chi connectivity index (χ3n) is 3.97. The fraction of sp³-hybridized carbons (Fsp3) is 0.333. The molecule has 0 aliphatic carbocycles. The SMILES string of the molecule is CC(CC(=O)Nc1ccc(NC(=O)C(C)(C)C)cc1)c1ccccc1. The smallest absolute Gasteiger partial charge is 0.229 e. The van der Waals surface area contributed by atoms with Crippen molar-refractivity contribution in [2.45, 2.75) is 40.0 Å². The second-order valence-electron chi connectivity index (χ2n) is 7.35. The van der Waals surface area contributed by atoms with Crippen molar-refractivity contribution in [2.75, 3.05) is 10.6 Å². The van der Waals surface area contributed by atoms with Gasteiger partial charge in [0.05, 0.1) is 0 Å². The molecule has 0 saturated heterocycles. The van der Waals surface area contributed by atoms with E-state index in [-0.39, 0.29) is 17.7 Å². The molecular weight excluding hydrogens is 312 g/mol. The molecule has 4 nitrogen and oxygen atoms in total. The number of anilines is 2. The largest absolute Gasteiger partial charge is 0.326 e. The summed E-state index contributed by atoms with van der Waals surface area (Å²) in [5.41, 5.74) is 2.15. The third-order valence-corrected chi connectivity index (χ3v) is 3.97. The lowest BCUT2D eigenvalue weighted by Gasteiger charge is -2.18. The van der Waals surface area contributed by atoms with Gasteiger partial charge in [0, 0.05) is 23.2 Å². The van der Waals surface area contributed by atoms with E-state index in [1.807, 2.05) is 58.0 Å². The molecule has 2 aromatic rings. The van der Waals surface area contributed by atoms with Gasteiger partial charge in [-0.25, -0.2) is 0 Å². The number of amides is 2. The molecule has 132 valence electrons. The predicted octanol–water partition coefficient (Wildman–Crippen LogP) is 4.80. The maximum Gasteiger partial charge on any atom is 0.229 e. The summed E-state index contributed by atoms with van der Waals surface area (Å²) >= 11 is 0. The lowest BCUT2D eigenvalue weighted by Crippen LogP contribution is -2.27. The molecule has 0 bridgehead atoms. The van der Waals surface area contributed by atoms with Crippen LogP contribution in [0.3, 0.4) is 0 Å². The number of hydrogen-bond donors (Lipinski definition) is 2. The molecule has 2 amide bonds. The van der Waals surface area contributed by atoms with E-state index in [2.05, 4.69) is 10.6 Å². The second-order valence-corrected chi connectivity index (χ2v) is 7.35. The summed E-state index contributed by atoms with van der Waals surface area (Å²) in [5, 5.41) is 5.77. The Balaban J connectivity index is 1.90. The number of rotatable bonds is 5. The van der Waals surface area contributed by atoms with Crippen LogP contribution in [-0.2, 0) is 9.59 Å². The van der Waals surface area contributed by atoms with Gasteiger partial charge < -0.3 is 10.6 Å². The van der Waals surface area contributed by atoms with Crippen LogP contribution in [0.1, 0.15) is 45.6 Å². The van der Waals surface area contributed by atoms with Crippen LogP contribution >= 0.6 is 0 Å². The fourth-order valence-electron chi connectivity index (χ4n) is 2.35. The zero-order chi connectivity index (χ0) is 18.4. The van der Waals surface area contributed by atoms with E-state index in [0.29, 0.717) is 6.42 Å². The van der Waals surface area contributed by atoms with E-state index in [1.54, 1.807) is 24.3 Å². The molecule has 0 spiro atoms. The molecular formula is C21H26N2O2. The van der Waals surface area contributed by atoms with Gasteiger partial charge in [0.15, 0.2) is 0 Å². The maximum atomic E-state index is 12.2. The standard InChI is InChI=1S/C21H26N2O2/c1-15(16-8-6-5-7-9-16)14-19(24)22-17-10-12-18(13-11-17)23-20(25)21(2,3)4/h5-13,15H,14H2,1-4H3,(H,22,24)(H,23,25). The van der Waals surface area contributed by atoms with Crippen molar-refractivity contribution in [2.24, 2.45) is 5.41 Å². The monoisotopic (exact) mass is 338 g/mol. The highest BCUT2D eigenvalue weighted by Crippen LogP contribution is 2.21. The van der Waals surface area contributed by atoms with Gasteiger partial charge in [-0.3, -0.25) is 9.59 Å². The van der Waals surface area contributed by atoms with Crippen molar-refractivity contribution in [3.63, 3.8) is 0 Å². The first kappa shape index (κ1) is 18.7. The lowest BCUT2D eigenvalue weighted by atomic mass is 9.95. The molecule has 1 unspecified atom stereocenters. The Hall–Kier alpha value is -2.62. The molecule has 0 fully saturated rings. The van der Waals surface area contributed by atoms with E-state index in [4.69, 9.17) is 0 Å². The number of nitrogens with one attached hydrogen (secondary N) is 2. The molecule has 0 radical (unpaired) electrons. The predicted molar refractivity (Wildman–Crippen MR) is 103 cm³/mol. The van der Waals surface area contributed by atoms with E-state index in [0.717, 1.165) is 16.9 Å². The molecule has 0 heterocycles. The lowest BCUT2D eigenvalue weighted by molar-refractivity contribution is -0.123. The van der Waals surface area contributed by atoms with Crippen molar-refractivity contribution < 1.29 is 9.59 Å². The average molecular weight is 338 g/mol. The highest BCUT2D eigenvalue weighted by Gasteiger charge is 2.21. The third kappa shape index (κ3) is 5.75. The van der Waals surface area contributed by atoms with Crippen molar-refractivity contribution >= 4 is 23.2 Å². The Morgan fingerprint density at radius 1 is 0.880 bits per heavy atom. The van der Waals surface area contributed by atoms with Crippen LogP contribution in [-0.4, -0.2) is 11.8 Å². The van der Waals surface area contributed by atoms with Gasteiger partial charge in [0.25, 0.3) is 0 Å². The second kappa shape index (κ2) is 7.97. The highest BCUT2D eigenvalue weighted by molar-refractivity contribution is 5.95. The minimum absolute atomic E-state index is 0.0252. The molecule has 0 aliphatic heterocycles. The van der Waals surface area contributed by atoms with Crippen LogP contribution in [0.2, 0.25) is 0 Å². The van der Waals surface area contributed by atoms with Crippen LogP contribution < -0.4 is 10.6 Å². The molecule has 2 rings (SSSR count). The molecule has 2 N–H and O–H groups in total. The number of hydrogen-bond acceptors (Lipinski definition) is 2. The summed E-state index contributed by atoms with van der Waals surface area (Å²) in [6.45, 7) is 7.64. The minimum Gasteiger partial charge on any atom is -0.326 e. The Bertz CT molecular complexity index is 716. The first-order chi connectivity index (χ1) is 11.8. The summed E-state index contributed by atoms with van der Waals surface area (Å²) < 4.78 is 0. The summed E-state index contributed by atoms with van der Waals surface area (Å²) in [7, 11) is 0. The van der Waals surface area contributed by atoms with E-state index in [1.165, 1.54) is 0 Å². The normalized spacial score (nSPS) is 12.3. The van der Waals surface area contributed by atoms with Crippen LogP contribution in [0, 0.1) is 5.41 Å². The van der Waals surface area contributed by atoms with Gasteiger partial charge in [-0.15, -0.1) is 0 Å². The average Bonchev–Trinajstić information content (AvgIpc) is 2.56. The Kier molecular flexibility index (Phi) is 5.97. The number of carbonyl (C=O) groups is 2. The Labute approximate surface area is 149 Å². The zero-order valence-corrected chi connectivity index (χ0v) is 15.3. The molecule has 2 aromatic carbocycles. The van der Waals surface area contributed by atoms with Crippen molar-refractivity contribution in [1.29, 1.82) is 0 Å². The summed E-state index contributed by atoms with van der Waals surface area (Å²) in [5.74, 6) is 0.0929.